The SMILES string of the molecule is CC(=O)OCC1=C(C(=O)OCCCn2cc(CO)nn2)N2C(=O)[C@@H](NC(=O)OC(C)(C)C)[C@H]2SC1. The molecule has 0 bridgehead atoms. The molecule has 0 aliphatic carbocycles. The molecule has 3 heterocycles. The molecule has 2 aliphatic heterocycles. The second-order valence-corrected chi connectivity index (χ2v) is 9.99. The van der Waals surface area contributed by atoms with E-state index < -0.39 is 41.0 Å². The highest BCUT2D eigenvalue weighted by molar-refractivity contribution is 8.00. The van der Waals surface area contributed by atoms with Gasteiger partial charge in [0.05, 0.1) is 19.4 Å². The molecule has 192 valence electrons. The first kappa shape index (κ1) is 26.5. The van der Waals surface area contributed by atoms with Crippen molar-refractivity contribution in [3.63, 3.8) is 0 Å². The lowest BCUT2D eigenvalue weighted by atomic mass is 10.0. The van der Waals surface area contributed by atoms with Crippen LogP contribution < -0.4 is 5.32 Å². The highest BCUT2D eigenvalue weighted by Crippen LogP contribution is 2.40. The minimum absolute atomic E-state index is 0.0190. The quantitative estimate of drug-likeness (QED) is 0.203. The van der Waals surface area contributed by atoms with Crippen molar-refractivity contribution < 1.29 is 38.5 Å². The summed E-state index contributed by atoms with van der Waals surface area (Å²) in [5.41, 5.74) is 0.164. The van der Waals surface area contributed by atoms with Gasteiger partial charge in [-0.3, -0.25) is 19.2 Å². The number of aliphatic hydroxyl groups excluding tert-OH is 1. The van der Waals surface area contributed by atoms with E-state index in [4.69, 9.17) is 19.3 Å². The highest BCUT2D eigenvalue weighted by atomic mass is 32.2. The Morgan fingerprint density at radius 3 is 2.66 bits per heavy atom. The first-order valence-electron chi connectivity index (χ1n) is 11.0. The first-order valence-corrected chi connectivity index (χ1v) is 12.0. The van der Waals surface area contributed by atoms with Crippen LogP contribution in [0, 0.1) is 0 Å². The fourth-order valence-corrected chi connectivity index (χ4v) is 4.71. The van der Waals surface area contributed by atoms with Crippen LogP contribution in [0.15, 0.2) is 17.5 Å². The summed E-state index contributed by atoms with van der Waals surface area (Å²) in [6.07, 6.45) is 1.27. The van der Waals surface area contributed by atoms with Gasteiger partial charge in [0.1, 0.15) is 35.0 Å². The van der Waals surface area contributed by atoms with E-state index in [0.29, 0.717) is 30.0 Å². The molecule has 2 amide bonds. The number of nitrogens with one attached hydrogen (secondary N) is 1. The summed E-state index contributed by atoms with van der Waals surface area (Å²) in [7, 11) is 0. The Kier molecular flexibility index (Phi) is 8.38. The summed E-state index contributed by atoms with van der Waals surface area (Å²) in [6.45, 7) is 6.45. The van der Waals surface area contributed by atoms with Gasteiger partial charge in [-0.25, -0.2) is 9.59 Å². The van der Waals surface area contributed by atoms with E-state index in [-0.39, 0.29) is 25.5 Å². The van der Waals surface area contributed by atoms with Crippen LogP contribution >= 0.6 is 11.8 Å². The van der Waals surface area contributed by atoms with E-state index >= 15 is 0 Å². The molecule has 1 saturated heterocycles. The zero-order valence-corrected chi connectivity index (χ0v) is 20.8. The van der Waals surface area contributed by atoms with Gasteiger partial charge in [-0.2, -0.15) is 0 Å². The number of carbonyl (C=O) groups is 4. The third-order valence-electron chi connectivity index (χ3n) is 4.88. The predicted molar refractivity (Wildman–Crippen MR) is 121 cm³/mol. The smallest absolute Gasteiger partial charge is 0.408 e. The van der Waals surface area contributed by atoms with Gasteiger partial charge < -0.3 is 24.6 Å². The van der Waals surface area contributed by atoms with Crippen LogP contribution in [0.1, 0.15) is 39.8 Å². The Morgan fingerprint density at radius 1 is 1.29 bits per heavy atom. The number of hydrogen-bond donors (Lipinski definition) is 2. The molecule has 2 aliphatic rings. The summed E-state index contributed by atoms with van der Waals surface area (Å²) in [5, 5.41) is 18.7. The fraction of sp³-hybridized carbons (Fsp3) is 0.619. The third kappa shape index (κ3) is 6.72. The van der Waals surface area contributed by atoms with Crippen LogP contribution in [0.4, 0.5) is 4.79 Å². The molecule has 0 spiro atoms. The Bertz CT molecular complexity index is 1020. The Labute approximate surface area is 206 Å². The Hall–Kier alpha value is -3.13. The number of aromatic nitrogens is 3. The molecule has 13 nitrogen and oxygen atoms in total. The van der Waals surface area contributed by atoms with E-state index in [1.807, 2.05) is 0 Å². The molecule has 14 heteroatoms. The lowest BCUT2D eigenvalue weighted by Gasteiger charge is -2.49. The van der Waals surface area contributed by atoms with Crippen molar-refractivity contribution in [1.82, 2.24) is 25.2 Å². The van der Waals surface area contributed by atoms with Gasteiger partial charge in [0.2, 0.25) is 0 Å². The molecule has 0 aromatic carbocycles. The summed E-state index contributed by atoms with van der Waals surface area (Å²) < 4.78 is 17.2. The van der Waals surface area contributed by atoms with Gasteiger partial charge in [-0.05, 0) is 20.8 Å². The molecule has 3 rings (SSSR count). The van der Waals surface area contributed by atoms with Gasteiger partial charge in [0, 0.05) is 31.2 Å². The zero-order valence-electron chi connectivity index (χ0n) is 20.0. The van der Waals surface area contributed by atoms with E-state index in [1.165, 1.54) is 28.3 Å². The number of esters is 2. The molecule has 1 aromatic heterocycles. The van der Waals surface area contributed by atoms with Crippen molar-refractivity contribution in [1.29, 1.82) is 0 Å². The molecule has 1 fully saturated rings. The van der Waals surface area contributed by atoms with E-state index in [0.717, 1.165) is 0 Å². The number of nitrogens with zero attached hydrogens (tertiary/aromatic N) is 4. The molecular formula is C21H29N5O8S. The summed E-state index contributed by atoms with van der Waals surface area (Å²) >= 11 is 1.33. The minimum atomic E-state index is -0.860. The molecule has 0 saturated carbocycles. The summed E-state index contributed by atoms with van der Waals surface area (Å²) in [6, 6.07) is -0.860. The lowest BCUT2D eigenvalue weighted by molar-refractivity contribution is -0.152. The predicted octanol–water partition coefficient (Wildman–Crippen LogP) is 0.329. The average molecular weight is 512 g/mol. The van der Waals surface area contributed by atoms with Gasteiger partial charge in [-0.15, -0.1) is 16.9 Å². The average Bonchev–Trinajstić information content (AvgIpc) is 3.24. The Morgan fingerprint density at radius 2 is 2.03 bits per heavy atom. The van der Waals surface area contributed by atoms with Crippen molar-refractivity contribution >= 4 is 35.7 Å². The zero-order chi connectivity index (χ0) is 25.8. The number of fused-ring (bicyclic) bond motifs is 1. The van der Waals surface area contributed by atoms with Crippen LogP contribution in [0.25, 0.3) is 0 Å². The van der Waals surface area contributed by atoms with Crippen LogP contribution in [-0.2, 0) is 41.7 Å². The third-order valence-corrected chi connectivity index (χ3v) is 6.21. The number of ether oxygens (including phenoxy) is 3. The number of aliphatic hydroxyl groups is 1. The number of hydrogen-bond acceptors (Lipinski definition) is 11. The molecule has 2 atom stereocenters. The second-order valence-electron chi connectivity index (χ2n) is 8.89. The van der Waals surface area contributed by atoms with Gasteiger partial charge in [0.25, 0.3) is 5.91 Å². The fourth-order valence-electron chi connectivity index (χ4n) is 3.39. The molecular weight excluding hydrogens is 482 g/mol. The van der Waals surface area contributed by atoms with Crippen LogP contribution in [0.3, 0.4) is 0 Å². The van der Waals surface area contributed by atoms with Crippen molar-refractivity contribution in [3.05, 3.63) is 23.2 Å². The highest BCUT2D eigenvalue weighted by Gasteiger charge is 2.54. The van der Waals surface area contributed by atoms with Crippen molar-refractivity contribution in [2.24, 2.45) is 0 Å². The maximum atomic E-state index is 13.0. The van der Waals surface area contributed by atoms with Crippen molar-refractivity contribution in [3.8, 4) is 0 Å². The minimum Gasteiger partial charge on any atom is -0.461 e. The number of aryl methyl sites for hydroxylation is 1. The molecule has 0 unspecified atom stereocenters. The summed E-state index contributed by atoms with van der Waals surface area (Å²) in [5.74, 6) is -1.43. The molecule has 35 heavy (non-hydrogen) atoms. The van der Waals surface area contributed by atoms with Crippen LogP contribution in [0.2, 0.25) is 0 Å². The van der Waals surface area contributed by atoms with E-state index in [9.17, 15) is 19.2 Å². The van der Waals surface area contributed by atoms with Crippen molar-refractivity contribution in [2.45, 2.75) is 64.3 Å². The Balaban J connectivity index is 1.65. The standard InChI is InChI=1S/C21H29N5O8S/c1-12(28)33-10-13-11-35-18-15(22-20(31)34-21(2,3)4)17(29)26(18)16(13)19(30)32-7-5-6-25-8-14(9-27)23-24-25/h8,15,18,27H,5-7,9-11H2,1-4H3,(H,22,31)/t15-,18-/m1/s1. The number of thioether (sulfide) groups is 1. The number of carbonyl (C=O) groups excluding carboxylic acids is 4. The maximum absolute atomic E-state index is 13.0. The van der Waals surface area contributed by atoms with E-state index in [2.05, 4.69) is 15.6 Å². The van der Waals surface area contributed by atoms with Crippen LogP contribution in [-0.4, -0.2) is 84.9 Å². The summed E-state index contributed by atoms with van der Waals surface area (Å²) in [4.78, 5) is 50.6. The normalized spacial score (nSPS) is 19.6. The number of rotatable bonds is 9. The molecule has 1 aromatic rings. The lowest BCUT2D eigenvalue weighted by Crippen LogP contribution is -2.70. The van der Waals surface area contributed by atoms with Gasteiger partial charge in [0.15, 0.2) is 0 Å². The molecule has 0 radical (unpaired) electrons. The first-order chi connectivity index (χ1) is 16.5. The maximum Gasteiger partial charge on any atom is 0.408 e. The monoisotopic (exact) mass is 511 g/mol. The second kappa shape index (κ2) is 11.1. The van der Waals surface area contributed by atoms with Crippen LogP contribution in [0.5, 0.6) is 0 Å². The molecule has 2 N–H and O–H groups in total. The largest absolute Gasteiger partial charge is 0.461 e. The topological polar surface area (TPSA) is 162 Å². The number of amides is 2. The number of β-lactam (4-membered cyclic amide) rings is 1. The van der Waals surface area contributed by atoms with Crippen molar-refractivity contribution in [2.75, 3.05) is 19.0 Å². The van der Waals surface area contributed by atoms with Gasteiger partial charge in [-0.1, -0.05) is 5.21 Å². The van der Waals surface area contributed by atoms with Gasteiger partial charge >= 0.3 is 18.0 Å². The van der Waals surface area contributed by atoms with E-state index in [1.54, 1.807) is 27.0 Å². The number of alkyl carbamates (subject to hydrolysis) is 1.